The van der Waals surface area contributed by atoms with E-state index in [1.54, 1.807) is 24.3 Å². The number of nitrogens with one attached hydrogen (secondary N) is 2. The van der Waals surface area contributed by atoms with Crippen molar-refractivity contribution in [2.45, 2.75) is 13.3 Å². The predicted molar refractivity (Wildman–Crippen MR) is 80.6 cm³/mol. The minimum Gasteiger partial charge on any atom is -0.492 e. The van der Waals surface area contributed by atoms with Crippen LogP contribution in [0.5, 0.6) is 5.75 Å². The van der Waals surface area contributed by atoms with Gasteiger partial charge in [0.1, 0.15) is 12.4 Å². The Bertz CT molecular complexity index is 460. The van der Waals surface area contributed by atoms with Crippen LogP contribution in [0.2, 0.25) is 0 Å². The van der Waals surface area contributed by atoms with E-state index in [0.717, 1.165) is 0 Å². The van der Waals surface area contributed by atoms with Gasteiger partial charge in [-0.05, 0) is 31.2 Å². The molecule has 1 aromatic carbocycles. The molecule has 0 fully saturated rings. The van der Waals surface area contributed by atoms with Gasteiger partial charge in [-0.1, -0.05) is 5.16 Å². The van der Waals surface area contributed by atoms with Gasteiger partial charge in [-0.3, -0.25) is 4.79 Å². The van der Waals surface area contributed by atoms with Gasteiger partial charge in [0.05, 0.1) is 0 Å². The van der Waals surface area contributed by atoms with E-state index in [0.29, 0.717) is 44.0 Å². The Morgan fingerprint density at radius 1 is 1.33 bits per heavy atom. The van der Waals surface area contributed by atoms with E-state index >= 15 is 0 Å². The molecule has 0 heterocycles. The van der Waals surface area contributed by atoms with Crippen molar-refractivity contribution in [2.75, 3.05) is 26.2 Å². The number of carbonyl (C=O) groups excluding carboxylic acids is 1. The Kier molecular flexibility index (Phi) is 7.67. The molecule has 7 heteroatoms. The maximum atomic E-state index is 11.2. The van der Waals surface area contributed by atoms with E-state index in [1.807, 2.05) is 6.92 Å². The summed E-state index contributed by atoms with van der Waals surface area (Å²) in [5, 5.41) is 17.3. The van der Waals surface area contributed by atoms with Gasteiger partial charge in [-0.2, -0.15) is 0 Å². The molecular weight excluding hydrogens is 272 g/mol. The van der Waals surface area contributed by atoms with Gasteiger partial charge in [-0.25, -0.2) is 0 Å². The molecule has 7 nitrogen and oxygen atoms in total. The van der Waals surface area contributed by atoms with Crippen molar-refractivity contribution in [1.29, 1.82) is 0 Å². The molecular formula is C14H22N4O3. The molecule has 0 aliphatic heterocycles. The fraction of sp³-hybridized carbons (Fsp3) is 0.429. The lowest BCUT2D eigenvalue weighted by Gasteiger charge is -2.08. The Balaban J connectivity index is 2.17. The molecule has 0 radical (unpaired) electrons. The number of carbonyl (C=O) groups is 1. The number of ether oxygens (including phenoxy) is 1. The number of benzene rings is 1. The maximum absolute atomic E-state index is 11.2. The fourth-order valence-corrected chi connectivity index (χ4v) is 1.63. The molecule has 0 aliphatic carbocycles. The van der Waals surface area contributed by atoms with Gasteiger partial charge in [0.2, 0.25) is 5.91 Å². The van der Waals surface area contributed by atoms with Crippen molar-refractivity contribution in [3.63, 3.8) is 0 Å². The van der Waals surface area contributed by atoms with E-state index in [4.69, 9.17) is 15.7 Å². The number of hydrogen-bond acceptors (Lipinski definition) is 5. The van der Waals surface area contributed by atoms with Gasteiger partial charge >= 0.3 is 0 Å². The Hall–Kier alpha value is -2.28. The van der Waals surface area contributed by atoms with Crippen molar-refractivity contribution in [2.24, 2.45) is 10.9 Å². The second-order valence-electron chi connectivity index (χ2n) is 4.31. The van der Waals surface area contributed by atoms with Crippen LogP contribution >= 0.6 is 0 Å². The van der Waals surface area contributed by atoms with Crippen LogP contribution in [-0.4, -0.2) is 43.2 Å². The van der Waals surface area contributed by atoms with Crippen molar-refractivity contribution in [3.8, 4) is 5.75 Å². The van der Waals surface area contributed by atoms with Crippen molar-refractivity contribution >= 4 is 11.7 Å². The third-order valence-corrected chi connectivity index (χ3v) is 2.71. The Morgan fingerprint density at radius 3 is 2.67 bits per heavy atom. The molecule has 0 saturated heterocycles. The Morgan fingerprint density at radius 2 is 2.05 bits per heavy atom. The topological polar surface area (TPSA) is 109 Å². The molecule has 5 N–H and O–H groups in total. The van der Waals surface area contributed by atoms with Gasteiger partial charge in [-0.15, -0.1) is 0 Å². The molecule has 21 heavy (non-hydrogen) atoms. The first kappa shape index (κ1) is 16.8. The van der Waals surface area contributed by atoms with Gasteiger partial charge in [0.15, 0.2) is 5.84 Å². The fourth-order valence-electron chi connectivity index (χ4n) is 1.63. The van der Waals surface area contributed by atoms with Crippen LogP contribution in [0.25, 0.3) is 0 Å². The summed E-state index contributed by atoms with van der Waals surface area (Å²) in [6.07, 6.45) is 0.461. The highest BCUT2D eigenvalue weighted by atomic mass is 16.5. The zero-order chi connectivity index (χ0) is 15.5. The van der Waals surface area contributed by atoms with Crippen LogP contribution in [0, 0.1) is 0 Å². The first-order valence-electron chi connectivity index (χ1n) is 6.85. The molecule has 0 bridgehead atoms. The lowest BCUT2D eigenvalue weighted by molar-refractivity contribution is -0.120. The number of amides is 1. The zero-order valence-corrected chi connectivity index (χ0v) is 12.1. The van der Waals surface area contributed by atoms with Crippen molar-refractivity contribution in [1.82, 2.24) is 10.6 Å². The van der Waals surface area contributed by atoms with E-state index in [1.165, 1.54) is 0 Å². The molecule has 0 unspecified atom stereocenters. The predicted octanol–water partition coefficient (Wildman–Crippen LogP) is 0.276. The normalized spacial score (nSPS) is 11.2. The molecule has 0 aromatic heterocycles. The second-order valence-corrected chi connectivity index (χ2v) is 4.31. The van der Waals surface area contributed by atoms with E-state index in [-0.39, 0.29) is 11.7 Å². The van der Waals surface area contributed by atoms with E-state index < -0.39 is 0 Å². The van der Waals surface area contributed by atoms with Crippen LogP contribution in [0.15, 0.2) is 29.4 Å². The number of nitrogens with two attached hydrogens (primary N) is 1. The molecule has 1 aromatic rings. The van der Waals surface area contributed by atoms with Crippen molar-refractivity contribution in [3.05, 3.63) is 29.8 Å². The third kappa shape index (κ3) is 6.62. The molecule has 0 aliphatic rings. The summed E-state index contributed by atoms with van der Waals surface area (Å²) < 4.78 is 5.52. The van der Waals surface area contributed by atoms with Crippen LogP contribution in [-0.2, 0) is 4.79 Å². The summed E-state index contributed by atoms with van der Waals surface area (Å²) in [5.41, 5.74) is 6.09. The highest BCUT2D eigenvalue weighted by molar-refractivity contribution is 5.97. The summed E-state index contributed by atoms with van der Waals surface area (Å²) in [4.78, 5) is 11.2. The maximum Gasteiger partial charge on any atom is 0.221 e. The van der Waals surface area contributed by atoms with Crippen LogP contribution in [0.3, 0.4) is 0 Å². The zero-order valence-electron chi connectivity index (χ0n) is 12.1. The molecule has 0 saturated carbocycles. The summed E-state index contributed by atoms with van der Waals surface area (Å²) >= 11 is 0. The average Bonchev–Trinajstić information content (AvgIpc) is 2.51. The number of oxime groups is 1. The molecule has 0 atom stereocenters. The smallest absolute Gasteiger partial charge is 0.221 e. The first-order chi connectivity index (χ1) is 10.2. The minimum absolute atomic E-state index is 0.0460. The lowest BCUT2D eigenvalue weighted by Crippen LogP contribution is -2.29. The first-order valence-corrected chi connectivity index (χ1v) is 6.85. The van der Waals surface area contributed by atoms with Crippen LogP contribution in [0.4, 0.5) is 0 Å². The number of rotatable bonds is 9. The van der Waals surface area contributed by atoms with Crippen LogP contribution in [0.1, 0.15) is 18.9 Å². The summed E-state index contributed by atoms with van der Waals surface area (Å²) in [6, 6.07) is 6.93. The highest BCUT2D eigenvalue weighted by Gasteiger charge is 2.00. The third-order valence-electron chi connectivity index (χ3n) is 2.71. The molecule has 116 valence electrons. The monoisotopic (exact) mass is 294 g/mol. The van der Waals surface area contributed by atoms with E-state index in [2.05, 4.69) is 15.8 Å². The highest BCUT2D eigenvalue weighted by Crippen LogP contribution is 2.11. The van der Waals surface area contributed by atoms with Crippen molar-refractivity contribution < 1.29 is 14.7 Å². The average molecular weight is 294 g/mol. The molecule has 1 rings (SSSR count). The second kappa shape index (κ2) is 9.60. The largest absolute Gasteiger partial charge is 0.492 e. The number of amidine groups is 1. The summed E-state index contributed by atoms with van der Waals surface area (Å²) in [5.74, 6) is 0.813. The Labute approximate surface area is 124 Å². The minimum atomic E-state index is 0.0460. The van der Waals surface area contributed by atoms with Gasteiger partial charge in [0.25, 0.3) is 0 Å². The standard InChI is InChI=1S/C14H22N4O3/c1-2-17-13(19)7-8-16-9-10-21-12-5-3-11(4-6-12)14(15)18-20/h3-6,16,20H,2,7-10H2,1H3,(H2,15,18)(H,17,19). The molecule has 0 spiro atoms. The number of nitrogens with zero attached hydrogens (tertiary/aromatic N) is 1. The quantitative estimate of drug-likeness (QED) is 0.172. The summed E-state index contributed by atoms with van der Waals surface area (Å²) in [7, 11) is 0. The van der Waals surface area contributed by atoms with Crippen LogP contribution < -0.4 is 21.1 Å². The SMILES string of the molecule is CCNC(=O)CCNCCOc1ccc(/C(N)=N/O)cc1. The number of hydrogen-bond donors (Lipinski definition) is 4. The van der Waals surface area contributed by atoms with E-state index in [9.17, 15) is 4.79 Å². The summed E-state index contributed by atoms with van der Waals surface area (Å²) in [6.45, 7) is 4.32. The van der Waals surface area contributed by atoms with Gasteiger partial charge < -0.3 is 26.3 Å². The lowest BCUT2D eigenvalue weighted by atomic mass is 10.2. The van der Waals surface area contributed by atoms with Gasteiger partial charge in [0, 0.05) is 31.6 Å². The molecule has 1 amide bonds.